The maximum Gasteiger partial charge on any atom is 0.337 e. The number of carboxylic acid groups (broad SMARTS) is 1. The van der Waals surface area contributed by atoms with Crippen LogP contribution in [0.4, 0.5) is 0 Å². The van der Waals surface area contributed by atoms with Crippen molar-refractivity contribution < 1.29 is 19.4 Å². The van der Waals surface area contributed by atoms with Crippen LogP contribution in [0.3, 0.4) is 0 Å². The van der Waals surface area contributed by atoms with E-state index in [2.05, 4.69) is 10.1 Å². The molecule has 1 fully saturated rings. The molecule has 2 rings (SSSR count). The molecule has 0 radical (unpaired) electrons. The van der Waals surface area contributed by atoms with E-state index in [0.29, 0.717) is 11.3 Å². The molecule has 0 aliphatic carbocycles. The third-order valence-corrected chi connectivity index (χ3v) is 3.94. The maximum absolute atomic E-state index is 11.3. The molecule has 1 saturated heterocycles. The smallest absolute Gasteiger partial charge is 0.337 e. The summed E-state index contributed by atoms with van der Waals surface area (Å²) in [6, 6.07) is 7.00. The molecule has 96 valence electrons. The average molecular weight is 267 g/mol. The standard InChI is InChI=1S/C12H13NO4S/c1-17-12(16)8-4-2-7(3-5-8)9-6-18-10(13-9)11(14)15/h2-5,9-10,13H,6H2,1H3,(H,14,15)/t9-,10-/m0/s1. The van der Waals surface area contributed by atoms with Gasteiger partial charge in [-0.2, -0.15) is 0 Å². The first kappa shape index (κ1) is 12.9. The zero-order valence-electron chi connectivity index (χ0n) is 9.75. The number of nitrogens with one attached hydrogen (secondary N) is 1. The first-order valence-electron chi connectivity index (χ1n) is 5.40. The predicted molar refractivity (Wildman–Crippen MR) is 67.5 cm³/mol. The van der Waals surface area contributed by atoms with Gasteiger partial charge in [-0.15, -0.1) is 11.8 Å². The minimum Gasteiger partial charge on any atom is -0.479 e. The number of carbonyl (C=O) groups excluding carboxylic acids is 1. The molecule has 1 aliphatic rings. The van der Waals surface area contributed by atoms with Crippen LogP contribution < -0.4 is 5.32 Å². The molecule has 0 spiro atoms. The SMILES string of the molecule is COC(=O)c1ccc([C@@H]2CS[C@@H](C(=O)O)N2)cc1. The second kappa shape index (κ2) is 5.41. The molecule has 2 atom stereocenters. The minimum atomic E-state index is -0.853. The van der Waals surface area contributed by atoms with Gasteiger partial charge in [0.2, 0.25) is 0 Å². The Balaban J connectivity index is 2.07. The summed E-state index contributed by atoms with van der Waals surface area (Å²) in [7, 11) is 1.34. The Morgan fingerprint density at radius 2 is 2.06 bits per heavy atom. The lowest BCUT2D eigenvalue weighted by Gasteiger charge is -2.11. The van der Waals surface area contributed by atoms with E-state index in [9.17, 15) is 9.59 Å². The van der Waals surface area contributed by atoms with Gasteiger partial charge in [0.25, 0.3) is 0 Å². The van der Waals surface area contributed by atoms with Crippen molar-refractivity contribution in [1.82, 2.24) is 5.32 Å². The van der Waals surface area contributed by atoms with E-state index >= 15 is 0 Å². The van der Waals surface area contributed by atoms with Crippen LogP contribution in [0.2, 0.25) is 0 Å². The maximum atomic E-state index is 11.3. The second-order valence-corrected chi connectivity index (χ2v) is 5.02. The number of carbonyl (C=O) groups is 2. The van der Waals surface area contributed by atoms with Crippen molar-refractivity contribution in [3.05, 3.63) is 35.4 Å². The molecule has 0 aromatic heterocycles. The van der Waals surface area contributed by atoms with Gasteiger partial charge in [-0.1, -0.05) is 12.1 Å². The zero-order valence-corrected chi connectivity index (χ0v) is 10.6. The molecule has 0 unspecified atom stereocenters. The lowest BCUT2D eigenvalue weighted by atomic mass is 10.1. The van der Waals surface area contributed by atoms with Gasteiger partial charge in [0, 0.05) is 11.8 Å². The Bertz CT molecular complexity index is 460. The number of hydrogen-bond donors (Lipinski definition) is 2. The van der Waals surface area contributed by atoms with Gasteiger partial charge in [0.05, 0.1) is 12.7 Å². The highest BCUT2D eigenvalue weighted by Crippen LogP contribution is 2.29. The van der Waals surface area contributed by atoms with Gasteiger partial charge in [-0.3, -0.25) is 5.32 Å². The molecule has 1 heterocycles. The number of benzene rings is 1. The summed E-state index contributed by atoms with van der Waals surface area (Å²) in [6.07, 6.45) is 0. The number of hydrogen-bond acceptors (Lipinski definition) is 5. The summed E-state index contributed by atoms with van der Waals surface area (Å²) in [6.45, 7) is 0. The lowest BCUT2D eigenvalue weighted by Crippen LogP contribution is -2.30. The molecule has 0 amide bonds. The van der Waals surface area contributed by atoms with Gasteiger partial charge in [-0.05, 0) is 17.7 Å². The van der Waals surface area contributed by atoms with E-state index < -0.39 is 11.3 Å². The number of aliphatic carboxylic acids is 1. The predicted octanol–water partition coefficient (Wildman–Crippen LogP) is 1.26. The fourth-order valence-corrected chi connectivity index (χ4v) is 2.85. The normalized spacial score (nSPS) is 22.7. The molecule has 1 aromatic carbocycles. The number of rotatable bonds is 3. The van der Waals surface area contributed by atoms with E-state index in [1.54, 1.807) is 12.1 Å². The summed E-state index contributed by atoms with van der Waals surface area (Å²) < 4.78 is 4.61. The summed E-state index contributed by atoms with van der Waals surface area (Å²) in [5.41, 5.74) is 1.46. The first-order chi connectivity index (χ1) is 8.61. The molecule has 0 bridgehead atoms. The second-order valence-electron chi connectivity index (χ2n) is 3.88. The topological polar surface area (TPSA) is 75.6 Å². The summed E-state index contributed by atoms with van der Waals surface area (Å²) >= 11 is 1.37. The minimum absolute atomic E-state index is 0.00259. The number of carboxylic acids is 1. The van der Waals surface area contributed by atoms with Crippen LogP contribution in [-0.2, 0) is 9.53 Å². The van der Waals surface area contributed by atoms with E-state index in [1.165, 1.54) is 18.9 Å². The number of methoxy groups -OCH3 is 1. The van der Waals surface area contributed by atoms with Crippen molar-refractivity contribution in [3.63, 3.8) is 0 Å². The number of thioether (sulfide) groups is 1. The highest BCUT2D eigenvalue weighted by Gasteiger charge is 2.30. The van der Waals surface area contributed by atoms with Crippen LogP contribution in [-0.4, -0.2) is 35.3 Å². The van der Waals surface area contributed by atoms with E-state index in [1.807, 2.05) is 12.1 Å². The highest BCUT2D eigenvalue weighted by atomic mass is 32.2. The van der Waals surface area contributed by atoms with Crippen LogP contribution >= 0.6 is 11.8 Å². The van der Waals surface area contributed by atoms with Gasteiger partial charge in [-0.25, -0.2) is 9.59 Å². The van der Waals surface area contributed by atoms with Crippen molar-refractivity contribution in [2.24, 2.45) is 0 Å². The quantitative estimate of drug-likeness (QED) is 0.803. The monoisotopic (exact) mass is 267 g/mol. The Morgan fingerprint density at radius 1 is 1.39 bits per heavy atom. The summed E-state index contributed by atoms with van der Waals surface area (Å²) in [5.74, 6) is -0.526. The van der Waals surface area contributed by atoms with Crippen molar-refractivity contribution >= 4 is 23.7 Å². The molecule has 2 N–H and O–H groups in total. The number of esters is 1. The summed E-state index contributed by atoms with van der Waals surface area (Å²) in [5, 5.41) is 11.3. The fourth-order valence-electron chi connectivity index (χ4n) is 1.78. The summed E-state index contributed by atoms with van der Waals surface area (Å²) in [4.78, 5) is 22.1. The van der Waals surface area contributed by atoms with Gasteiger partial charge in [0.1, 0.15) is 0 Å². The molecule has 5 nitrogen and oxygen atoms in total. The lowest BCUT2D eigenvalue weighted by molar-refractivity contribution is -0.137. The van der Waals surface area contributed by atoms with Crippen LogP contribution in [0, 0.1) is 0 Å². The zero-order chi connectivity index (χ0) is 13.1. The highest BCUT2D eigenvalue weighted by molar-refractivity contribution is 8.00. The molecule has 1 aromatic rings. The Hall–Kier alpha value is -1.53. The van der Waals surface area contributed by atoms with Crippen molar-refractivity contribution in [2.75, 3.05) is 12.9 Å². The molecule has 6 heteroatoms. The molecular formula is C12H13NO4S. The Labute approximate surface area is 109 Å². The van der Waals surface area contributed by atoms with Gasteiger partial charge < -0.3 is 9.84 Å². The Kier molecular flexibility index (Phi) is 3.88. The van der Waals surface area contributed by atoms with E-state index in [-0.39, 0.29) is 12.0 Å². The Morgan fingerprint density at radius 3 is 2.56 bits per heavy atom. The molecular weight excluding hydrogens is 254 g/mol. The van der Waals surface area contributed by atoms with Crippen LogP contribution in [0.15, 0.2) is 24.3 Å². The van der Waals surface area contributed by atoms with Crippen molar-refractivity contribution in [3.8, 4) is 0 Å². The molecule has 0 saturated carbocycles. The number of ether oxygens (including phenoxy) is 1. The van der Waals surface area contributed by atoms with Crippen LogP contribution in [0.25, 0.3) is 0 Å². The molecule has 1 aliphatic heterocycles. The molecule has 18 heavy (non-hydrogen) atoms. The average Bonchev–Trinajstić information content (AvgIpc) is 2.88. The van der Waals surface area contributed by atoms with E-state index in [0.717, 1.165) is 5.56 Å². The largest absolute Gasteiger partial charge is 0.479 e. The van der Waals surface area contributed by atoms with Crippen LogP contribution in [0.1, 0.15) is 22.0 Å². The van der Waals surface area contributed by atoms with Gasteiger partial charge >= 0.3 is 11.9 Å². The fraction of sp³-hybridized carbons (Fsp3) is 0.333. The van der Waals surface area contributed by atoms with E-state index in [4.69, 9.17) is 5.11 Å². The first-order valence-corrected chi connectivity index (χ1v) is 6.45. The van der Waals surface area contributed by atoms with Crippen molar-refractivity contribution in [1.29, 1.82) is 0 Å². The van der Waals surface area contributed by atoms with Crippen LogP contribution in [0.5, 0.6) is 0 Å². The third-order valence-electron chi connectivity index (χ3n) is 2.74. The van der Waals surface area contributed by atoms with Crippen molar-refractivity contribution in [2.45, 2.75) is 11.4 Å². The van der Waals surface area contributed by atoms with Gasteiger partial charge in [0.15, 0.2) is 5.37 Å². The third kappa shape index (κ3) is 2.65.